The highest BCUT2D eigenvalue weighted by atomic mass is 32.1. The third kappa shape index (κ3) is 8.33. The van der Waals surface area contributed by atoms with Gasteiger partial charge in [0.25, 0.3) is 0 Å². The van der Waals surface area contributed by atoms with Gasteiger partial charge in [-0.05, 0) is 66.8 Å². The molecule has 0 fully saturated rings. The third-order valence-electron chi connectivity index (χ3n) is 5.98. The molecule has 0 aliphatic rings. The van der Waals surface area contributed by atoms with Crippen LogP contribution in [0.5, 0.6) is 0 Å². The number of carbonyl (C=O) groups is 2. The van der Waals surface area contributed by atoms with E-state index in [1.165, 1.54) is 28.0 Å². The first-order valence-corrected chi connectivity index (χ1v) is 13.3. The molecule has 5 rings (SSSR count). The average molecular weight is 557 g/mol. The van der Waals surface area contributed by atoms with E-state index in [4.69, 9.17) is 4.79 Å². The van der Waals surface area contributed by atoms with Crippen LogP contribution in [0.15, 0.2) is 85.1 Å². The Kier molecular flexibility index (Phi) is 12.7. The maximum absolute atomic E-state index is 11.4. The van der Waals surface area contributed by atoms with Gasteiger partial charge in [-0.1, -0.05) is 66.2 Å². The Morgan fingerprint density at radius 1 is 0.875 bits per heavy atom. The van der Waals surface area contributed by atoms with Crippen molar-refractivity contribution in [3.63, 3.8) is 0 Å². The van der Waals surface area contributed by atoms with Crippen molar-refractivity contribution < 1.29 is 19.4 Å². The summed E-state index contributed by atoms with van der Waals surface area (Å²) in [6.45, 7) is 8.39. The van der Waals surface area contributed by atoms with Crippen molar-refractivity contribution in [2.24, 2.45) is 0 Å². The number of rotatable bonds is 4. The lowest BCUT2D eigenvalue weighted by Gasteiger charge is -2.07. The van der Waals surface area contributed by atoms with Gasteiger partial charge in [0.15, 0.2) is 0 Å². The molecule has 2 heterocycles. The minimum atomic E-state index is -0.912. The first-order chi connectivity index (χ1) is 19.3. The molecule has 3 aromatic carbocycles. The fraction of sp³-hybridized carbons (Fsp3) is 0.182. The van der Waals surface area contributed by atoms with Gasteiger partial charge in [0.2, 0.25) is 0 Å². The number of methoxy groups -OCH3 is 1. The molecular weight excluding hydrogens is 520 g/mol. The summed E-state index contributed by atoms with van der Waals surface area (Å²) < 4.78 is 4.25. The molecule has 40 heavy (non-hydrogen) atoms. The molecule has 0 amide bonds. The first-order valence-electron chi connectivity index (χ1n) is 12.5. The molecular formula is C33H36N2O4S. The minimum absolute atomic E-state index is 0.326. The fourth-order valence-corrected chi connectivity index (χ4v) is 4.95. The van der Waals surface area contributed by atoms with Crippen molar-refractivity contribution in [3.8, 4) is 21.6 Å². The number of aromatic carboxylic acids is 1. The largest absolute Gasteiger partial charge is 0.477 e. The van der Waals surface area contributed by atoms with Gasteiger partial charge in [0, 0.05) is 37.7 Å². The Morgan fingerprint density at radius 3 is 2.08 bits per heavy atom. The summed E-state index contributed by atoms with van der Waals surface area (Å²) in [6.07, 6.45) is 1.80. The molecule has 5 aromatic rings. The maximum Gasteiger partial charge on any atom is 0.348 e. The Labute approximate surface area is 240 Å². The highest BCUT2D eigenvalue weighted by Crippen LogP contribution is 2.36. The van der Waals surface area contributed by atoms with Crippen LogP contribution in [-0.2, 0) is 9.53 Å². The van der Waals surface area contributed by atoms with E-state index >= 15 is 0 Å². The number of hydrogen-bond donors (Lipinski definition) is 2. The van der Waals surface area contributed by atoms with E-state index in [0.717, 1.165) is 32.5 Å². The number of nitrogens with one attached hydrogen (secondary N) is 1. The lowest BCUT2D eigenvalue weighted by atomic mass is 9.99. The average Bonchev–Trinajstić information content (AvgIpc) is 3.42. The molecule has 0 aliphatic heterocycles. The van der Waals surface area contributed by atoms with Crippen molar-refractivity contribution in [2.75, 3.05) is 26.6 Å². The second kappa shape index (κ2) is 15.9. The van der Waals surface area contributed by atoms with Gasteiger partial charge in [-0.3, -0.25) is 4.98 Å². The van der Waals surface area contributed by atoms with Crippen LogP contribution in [-0.4, -0.2) is 44.1 Å². The van der Waals surface area contributed by atoms with Crippen LogP contribution in [0.3, 0.4) is 0 Å². The predicted molar refractivity (Wildman–Crippen MR) is 168 cm³/mol. The van der Waals surface area contributed by atoms with Crippen molar-refractivity contribution in [3.05, 3.63) is 107 Å². The SMILES string of the molecule is C=O.CNc1cc(-c2ccc(-c3cccc4ncccc34)cc2)sc1C(=O)O.COC.Cc1ccc(C)c(C)c1. The standard InChI is InChI=1S/C21H16N2O2S.C9H12.C2H6O.CH2O/c1-22-18-12-19(26-20(18)21(24)25)14-9-7-13(8-10-14)15-4-2-6-17-16(15)5-3-11-23-17;1-7-4-5-8(2)9(3)6-7;1-3-2;1-2/h2-12,22H,1H3,(H,24,25);4-6H,1-3H3;1-2H3;1H2. The number of nitrogens with zero attached hydrogens (tertiary/aromatic N) is 1. The molecule has 6 nitrogen and oxygen atoms in total. The van der Waals surface area contributed by atoms with Gasteiger partial charge in [-0.2, -0.15) is 0 Å². The van der Waals surface area contributed by atoms with Crippen LogP contribution >= 0.6 is 11.3 Å². The number of aryl methyl sites for hydroxylation is 3. The number of pyridine rings is 1. The van der Waals surface area contributed by atoms with Gasteiger partial charge in [-0.25, -0.2) is 4.79 Å². The van der Waals surface area contributed by atoms with Crippen LogP contribution < -0.4 is 5.32 Å². The number of hydrogen-bond acceptors (Lipinski definition) is 6. The highest BCUT2D eigenvalue weighted by Gasteiger charge is 2.15. The van der Waals surface area contributed by atoms with Crippen LogP contribution in [0, 0.1) is 20.8 Å². The summed E-state index contributed by atoms with van der Waals surface area (Å²) >= 11 is 1.28. The second-order valence-electron chi connectivity index (χ2n) is 8.86. The molecule has 7 heteroatoms. The van der Waals surface area contributed by atoms with Crippen LogP contribution in [0.2, 0.25) is 0 Å². The number of carboxylic acids is 1. The number of thiophene rings is 1. The van der Waals surface area contributed by atoms with Gasteiger partial charge >= 0.3 is 5.97 Å². The Balaban J connectivity index is 0.000000334. The quantitative estimate of drug-likeness (QED) is 0.233. The zero-order valence-corrected chi connectivity index (χ0v) is 24.6. The number of anilines is 1. The molecule has 0 unspecified atom stereocenters. The summed E-state index contributed by atoms with van der Waals surface area (Å²) in [6, 6.07) is 26.7. The van der Waals surface area contributed by atoms with Crippen molar-refractivity contribution >= 4 is 40.7 Å². The van der Waals surface area contributed by atoms with E-state index in [9.17, 15) is 9.90 Å². The summed E-state index contributed by atoms with van der Waals surface area (Å²) in [7, 11) is 4.98. The minimum Gasteiger partial charge on any atom is -0.477 e. The second-order valence-corrected chi connectivity index (χ2v) is 9.91. The molecule has 0 bridgehead atoms. The number of aromatic nitrogens is 1. The first kappa shape index (κ1) is 31.9. The molecule has 0 atom stereocenters. The van der Waals surface area contributed by atoms with Crippen molar-refractivity contribution in [1.29, 1.82) is 0 Å². The van der Waals surface area contributed by atoms with Crippen LogP contribution in [0.1, 0.15) is 26.4 Å². The predicted octanol–water partition coefficient (Wildman–Crippen LogP) is 8.06. The zero-order valence-electron chi connectivity index (χ0n) is 23.8. The molecule has 0 aliphatic carbocycles. The summed E-state index contributed by atoms with van der Waals surface area (Å²) in [5.41, 5.74) is 8.96. The molecule has 0 saturated carbocycles. The number of benzene rings is 3. The maximum atomic E-state index is 11.4. The van der Waals surface area contributed by atoms with E-state index in [2.05, 4.69) is 78.3 Å². The molecule has 0 spiro atoms. The Hall–Kier alpha value is -4.33. The van der Waals surface area contributed by atoms with Gasteiger partial charge in [0.05, 0.1) is 11.2 Å². The molecule has 0 saturated heterocycles. The molecule has 208 valence electrons. The Bertz CT molecular complexity index is 1520. The van der Waals surface area contributed by atoms with Crippen molar-refractivity contribution in [1.82, 2.24) is 4.98 Å². The van der Waals surface area contributed by atoms with Crippen LogP contribution in [0.4, 0.5) is 5.69 Å². The van der Waals surface area contributed by atoms with Gasteiger partial charge in [-0.15, -0.1) is 11.3 Å². The van der Waals surface area contributed by atoms with Gasteiger partial charge < -0.3 is 20.0 Å². The van der Waals surface area contributed by atoms with Gasteiger partial charge in [0.1, 0.15) is 11.7 Å². The molecule has 2 N–H and O–H groups in total. The van der Waals surface area contributed by atoms with E-state index in [-0.39, 0.29) is 0 Å². The lowest BCUT2D eigenvalue weighted by molar-refractivity contribution is -0.0980. The lowest BCUT2D eigenvalue weighted by Crippen LogP contribution is -1.97. The topological polar surface area (TPSA) is 88.5 Å². The number of fused-ring (bicyclic) bond motifs is 1. The highest BCUT2D eigenvalue weighted by molar-refractivity contribution is 7.18. The molecule has 0 radical (unpaired) electrons. The fourth-order valence-electron chi connectivity index (χ4n) is 3.94. The number of carboxylic acid groups (broad SMARTS) is 1. The Morgan fingerprint density at radius 2 is 1.52 bits per heavy atom. The number of carbonyl (C=O) groups excluding carboxylic acids is 1. The van der Waals surface area contributed by atoms with E-state index < -0.39 is 5.97 Å². The van der Waals surface area contributed by atoms with E-state index in [1.807, 2.05) is 43.2 Å². The summed E-state index contributed by atoms with van der Waals surface area (Å²) in [5.74, 6) is -0.912. The summed E-state index contributed by atoms with van der Waals surface area (Å²) in [5, 5.41) is 13.4. The zero-order chi connectivity index (χ0) is 29.7. The van der Waals surface area contributed by atoms with Crippen LogP contribution in [0.25, 0.3) is 32.5 Å². The number of ether oxygens (including phenoxy) is 1. The van der Waals surface area contributed by atoms with E-state index in [0.29, 0.717) is 10.6 Å². The normalized spacial score (nSPS) is 9.75. The third-order valence-corrected chi connectivity index (χ3v) is 7.16. The molecule has 2 aromatic heterocycles. The monoisotopic (exact) mass is 556 g/mol. The smallest absolute Gasteiger partial charge is 0.348 e. The van der Waals surface area contributed by atoms with Crippen molar-refractivity contribution in [2.45, 2.75) is 20.8 Å². The summed E-state index contributed by atoms with van der Waals surface area (Å²) in [4.78, 5) is 25.0. The van der Waals surface area contributed by atoms with E-state index in [1.54, 1.807) is 27.5 Å².